The van der Waals surface area contributed by atoms with Crippen LogP contribution in [0.2, 0.25) is 0 Å². The summed E-state index contributed by atoms with van der Waals surface area (Å²) in [5.74, 6) is 0. The number of hydrazone groups is 1. The van der Waals surface area contributed by atoms with E-state index in [4.69, 9.17) is 12.2 Å². The number of hydrogen-bond donors (Lipinski definition) is 2. The van der Waals surface area contributed by atoms with Crippen molar-refractivity contribution in [2.75, 3.05) is 6.54 Å². The molecular formula is C13H16N4O2S. The van der Waals surface area contributed by atoms with Crippen molar-refractivity contribution in [3.05, 3.63) is 52.1 Å². The average molecular weight is 292 g/mol. The molecule has 1 aromatic carbocycles. The Morgan fingerprint density at radius 1 is 1.40 bits per heavy atom. The van der Waals surface area contributed by atoms with Crippen LogP contribution in [-0.2, 0) is 0 Å². The molecule has 1 aromatic rings. The number of nitro benzene ring substituents is 1. The molecular weight excluding hydrogens is 276 g/mol. The second-order valence-corrected chi connectivity index (χ2v) is 4.66. The predicted molar refractivity (Wildman–Crippen MR) is 83.9 cm³/mol. The number of benzene rings is 1. The van der Waals surface area contributed by atoms with Crippen molar-refractivity contribution in [3.8, 4) is 0 Å². The lowest BCUT2D eigenvalue weighted by molar-refractivity contribution is -0.384. The molecule has 0 fully saturated rings. The molecule has 0 atom stereocenters. The van der Waals surface area contributed by atoms with Crippen LogP contribution >= 0.6 is 12.2 Å². The van der Waals surface area contributed by atoms with Gasteiger partial charge in [0.15, 0.2) is 5.11 Å². The van der Waals surface area contributed by atoms with Gasteiger partial charge in [0.05, 0.1) is 10.6 Å². The Morgan fingerprint density at radius 2 is 2.00 bits per heavy atom. The van der Waals surface area contributed by atoms with Crippen LogP contribution < -0.4 is 10.7 Å². The Hall–Kier alpha value is -2.28. The summed E-state index contributed by atoms with van der Waals surface area (Å²) in [6.07, 6.45) is 0. The van der Waals surface area contributed by atoms with Gasteiger partial charge in [-0.05, 0) is 43.8 Å². The SMILES string of the molecule is C=C(C)CNC(=S)NN=C(C)c1ccc([N+](=O)[O-])cc1. The number of nitrogens with one attached hydrogen (secondary N) is 2. The fourth-order valence-electron chi connectivity index (χ4n) is 1.29. The van der Waals surface area contributed by atoms with Crippen molar-refractivity contribution >= 4 is 28.7 Å². The monoisotopic (exact) mass is 292 g/mol. The molecule has 0 aliphatic heterocycles. The smallest absolute Gasteiger partial charge is 0.269 e. The fraction of sp³-hybridized carbons (Fsp3) is 0.231. The van der Waals surface area contributed by atoms with Crippen LogP contribution in [0.4, 0.5) is 5.69 Å². The minimum atomic E-state index is -0.439. The maximum absolute atomic E-state index is 10.6. The van der Waals surface area contributed by atoms with Crippen LogP contribution in [0.15, 0.2) is 41.5 Å². The van der Waals surface area contributed by atoms with E-state index in [0.717, 1.165) is 11.1 Å². The third-order valence-electron chi connectivity index (χ3n) is 2.37. The normalized spacial score (nSPS) is 10.8. The van der Waals surface area contributed by atoms with Crippen LogP contribution in [0.25, 0.3) is 0 Å². The number of nitrogens with zero attached hydrogens (tertiary/aromatic N) is 2. The topological polar surface area (TPSA) is 79.6 Å². The zero-order chi connectivity index (χ0) is 15.1. The molecule has 0 unspecified atom stereocenters. The van der Waals surface area contributed by atoms with Crippen LogP contribution in [0.3, 0.4) is 0 Å². The predicted octanol–water partition coefficient (Wildman–Crippen LogP) is 2.36. The van der Waals surface area contributed by atoms with E-state index in [9.17, 15) is 10.1 Å². The number of nitro groups is 1. The molecule has 0 bridgehead atoms. The van der Waals surface area contributed by atoms with Crippen molar-refractivity contribution in [1.29, 1.82) is 0 Å². The van der Waals surface area contributed by atoms with E-state index in [1.54, 1.807) is 19.1 Å². The number of rotatable bonds is 5. The van der Waals surface area contributed by atoms with Gasteiger partial charge in [-0.1, -0.05) is 12.2 Å². The standard InChI is InChI=1S/C13H16N4O2S/c1-9(2)8-14-13(20)16-15-10(3)11-4-6-12(7-5-11)17(18)19/h4-7H,1,8H2,2-3H3,(H2,14,16,20). The van der Waals surface area contributed by atoms with Gasteiger partial charge in [-0.15, -0.1) is 0 Å². The summed E-state index contributed by atoms with van der Waals surface area (Å²) in [6, 6.07) is 6.16. The second kappa shape index (κ2) is 7.34. The average Bonchev–Trinajstić information content (AvgIpc) is 2.42. The first-order valence-electron chi connectivity index (χ1n) is 5.87. The van der Waals surface area contributed by atoms with Gasteiger partial charge in [-0.25, -0.2) is 0 Å². The van der Waals surface area contributed by atoms with Crippen molar-refractivity contribution in [3.63, 3.8) is 0 Å². The van der Waals surface area contributed by atoms with E-state index in [-0.39, 0.29) is 5.69 Å². The molecule has 2 N–H and O–H groups in total. The van der Waals surface area contributed by atoms with Gasteiger partial charge in [-0.2, -0.15) is 5.10 Å². The van der Waals surface area contributed by atoms with Crippen LogP contribution in [0.1, 0.15) is 19.4 Å². The minimum absolute atomic E-state index is 0.0492. The van der Waals surface area contributed by atoms with Crippen molar-refractivity contribution in [1.82, 2.24) is 10.7 Å². The highest BCUT2D eigenvalue weighted by atomic mass is 32.1. The Labute approximate surface area is 122 Å². The second-order valence-electron chi connectivity index (χ2n) is 4.25. The highest BCUT2D eigenvalue weighted by molar-refractivity contribution is 7.80. The molecule has 0 aromatic heterocycles. The van der Waals surface area contributed by atoms with E-state index in [1.165, 1.54) is 12.1 Å². The zero-order valence-corrected chi connectivity index (χ0v) is 12.2. The molecule has 20 heavy (non-hydrogen) atoms. The van der Waals surface area contributed by atoms with Crippen molar-refractivity contribution < 1.29 is 4.92 Å². The van der Waals surface area contributed by atoms with Gasteiger partial charge >= 0.3 is 0 Å². The van der Waals surface area contributed by atoms with E-state index in [1.807, 2.05) is 6.92 Å². The molecule has 0 aliphatic rings. The molecule has 0 radical (unpaired) electrons. The van der Waals surface area contributed by atoms with Crippen LogP contribution in [0, 0.1) is 10.1 Å². The molecule has 6 nitrogen and oxygen atoms in total. The molecule has 0 amide bonds. The third kappa shape index (κ3) is 5.15. The van der Waals surface area contributed by atoms with Crippen LogP contribution in [0.5, 0.6) is 0 Å². The Balaban J connectivity index is 2.62. The number of non-ortho nitro benzene ring substituents is 1. The Kier molecular flexibility index (Phi) is 5.79. The van der Waals surface area contributed by atoms with E-state index < -0.39 is 4.92 Å². The van der Waals surface area contributed by atoms with E-state index >= 15 is 0 Å². The first kappa shape index (κ1) is 15.8. The number of thiocarbonyl (C=S) groups is 1. The van der Waals surface area contributed by atoms with E-state index in [2.05, 4.69) is 22.4 Å². The fourth-order valence-corrected chi connectivity index (χ4v) is 1.41. The largest absolute Gasteiger partial charge is 0.358 e. The summed E-state index contributed by atoms with van der Waals surface area (Å²) in [5, 5.41) is 18.0. The summed E-state index contributed by atoms with van der Waals surface area (Å²) in [6.45, 7) is 8.01. The van der Waals surface area contributed by atoms with E-state index in [0.29, 0.717) is 17.4 Å². The maximum atomic E-state index is 10.6. The highest BCUT2D eigenvalue weighted by Gasteiger charge is 2.05. The highest BCUT2D eigenvalue weighted by Crippen LogP contribution is 2.12. The molecule has 7 heteroatoms. The van der Waals surface area contributed by atoms with Crippen molar-refractivity contribution in [2.24, 2.45) is 5.10 Å². The molecule has 0 saturated carbocycles. The van der Waals surface area contributed by atoms with Gasteiger partial charge in [0.1, 0.15) is 0 Å². The first-order chi connectivity index (χ1) is 9.40. The minimum Gasteiger partial charge on any atom is -0.358 e. The quantitative estimate of drug-likeness (QED) is 0.286. The van der Waals surface area contributed by atoms with Gasteiger partial charge in [-0.3, -0.25) is 15.5 Å². The number of hydrogen-bond acceptors (Lipinski definition) is 4. The molecule has 0 saturated heterocycles. The Morgan fingerprint density at radius 3 is 2.50 bits per heavy atom. The first-order valence-corrected chi connectivity index (χ1v) is 6.28. The zero-order valence-electron chi connectivity index (χ0n) is 11.3. The van der Waals surface area contributed by atoms with Gasteiger partial charge in [0.25, 0.3) is 5.69 Å². The lowest BCUT2D eigenvalue weighted by atomic mass is 10.1. The summed E-state index contributed by atoms with van der Waals surface area (Å²) < 4.78 is 0. The van der Waals surface area contributed by atoms with Gasteiger partial charge in [0, 0.05) is 18.7 Å². The van der Waals surface area contributed by atoms with Crippen LogP contribution in [-0.4, -0.2) is 22.3 Å². The third-order valence-corrected chi connectivity index (χ3v) is 2.61. The summed E-state index contributed by atoms with van der Waals surface area (Å²) >= 11 is 5.04. The molecule has 106 valence electrons. The Bertz CT molecular complexity index is 552. The molecule has 0 spiro atoms. The molecule has 0 heterocycles. The maximum Gasteiger partial charge on any atom is 0.269 e. The molecule has 1 rings (SSSR count). The summed E-state index contributed by atoms with van der Waals surface area (Å²) in [4.78, 5) is 10.1. The summed E-state index contributed by atoms with van der Waals surface area (Å²) in [5.41, 5.74) is 5.18. The lowest BCUT2D eigenvalue weighted by Crippen LogP contribution is -2.33. The van der Waals surface area contributed by atoms with Gasteiger partial charge in [0.2, 0.25) is 0 Å². The lowest BCUT2D eigenvalue weighted by Gasteiger charge is -2.07. The van der Waals surface area contributed by atoms with Gasteiger partial charge < -0.3 is 5.32 Å². The molecule has 0 aliphatic carbocycles. The summed E-state index contributed by atoms with van der Waals surface area (Å²) in [7, 11) is 0. The van der Waals surface area contributed by atoms with Crippen molar-refractivity contribution in [2.45, 2.75) is 13.8 Å².